The highest BCUT2D eigenvalue weighted by molar-refractivity contribution is 8.01. The molecule has 1 heterocycles. The van der Waals surface area contributed by atoms with Gasteiger partial charge in [0.1, 0.15) is 4.88 Å². The van der Waals surface area contributed by atoms with Crippen molar-refractivity contribution in [3.63, 3.8) is 0 Å². The summed E-state index contributed by atoms with van der Waals surface area (Å²) in [6, 6.07) is 0. The van der Waals surface area contributed by atoms with E-state index < -0.39 is 5.97 Å². The second kappa shape index (κ2) is 5.75. The van der Waals surface area contributed by atoms with Crippen LogP contribution < -0.4 is 0 Å². The van der Waals surface area contributed by atoms with E-state index in [2.05, 4.69) is 4.98 Å². The predicted molar refractivity (Wildman–Crippen MR) is 64.3 cm³/mol. The van der Waals surface area contributed by atoms with E-state index in [1.165, 1.54) is 17.3 Å². The standard InChI is InChI=1S/C8H7Cl2NO2S2/c1-4-6(7(12)13)15-8(11-4)14-3-5(10)2-9/h2H,3H2,1H3,(H,12,13). The van der Waals surface area contributed by atoms with Gasteiger partial charge in [0.15, 0.2) is 4.34 Å². The second-order valence-corrected chi connectivity index (χ2v) is 5.47. The molecule has 0 amide bonds. The lowest BCUT2D eigenvalue weighted by molar-refractivity contribution is 0.0701. The van der Waals surface area contributed by atoms with E-state index in [1.807, 2.05) is 0 Å². The third-order valence-corrected chi connectivity index (χ3v) is 4.54. The molecule has 7 heteroatoms. The summed E-state index contributed by atoms with van der Waals surface area (Å²) in [6.07, 6.45) is 0. The lowest BCUT2D eigenvalue weighted by Crippen LogP contribution is -1.94. The van der Waals surface area contributed by atoms with Gasteiger partial charge in [0.25, 0.3) is 0 Å². The normalized spacial score (nSPS) is 11.8. The summed E-state index contributed by atoms with van der Waals surface area (Å²) in [4.78, 5) is 15.1. The molecule has 0 saturated carbocycles. The van der Waals surface area contributed by atoms with Gasteiger partial charge in [-0.3, -0.25) is 0 Å². The first-order valence-electron chi connectivity index (χ1n) is 3.83. The van der Waals surface area contributed by atoms with Crippen LogP contribution in [0.5, 0.6) is 0 Å². The number of aromatic nitrogens is 1. The summed E-state index contributed by atoms with van der Waals surface area (Å²) in [5.74, 6) is -0.451. The van der Waals surface area contributed by atoms with Gasteiger partial charge >= 0.3 is 5.97 Å². The van der Waals surface area contributed by atoms with Crippen LogP contribution in [-0.4, -0.2) is 21.8 Å². The van der Waals surface area contributed by atoms with Crippen LogP contribution in [-0.2, 0) is 0 Å². The number of nitrogens with zero attached hydrogens (tertiary/aromatic N) is 1. The Morgan fingerprint density at radius 2 is 2.40 bits per heavy atom. The molecule has 0 fully saturated rings. The Morgan fingerprint density at radius 3 is 2.87 bits per heavy atom. The molecule has 0 spiro atoms. The van der Waals surface area contributed by atoms with E-state index >= 15 is 0 Å². The van der Waals surface area contributed by atoms with Crippen molar-refractivity contribution in [3.8, 4) is 0 Å². The fourth-order valence-electron chi connectivity index (χ4n) is 0.794. The van der Waals surface area contributed by atoms with E-state index in [4.69, 9.17) is 28.3 Å². The highest BCUT2D eigenvalue weighted by Crippen LogP contribution is 2.29. The number of hydrogen-bond donors (Lipinski definition) is 1. The molecular weight excluding hydrogens is 277 g/mol. The Hall–Kier alpha value is -0.230. The van der Waals surface area contributed by atoms with E-state index in [-0.39, 0.29) is 4.88 Å². The summed E-state index contributed by atoms with van der Waals surface area (Å²) in [7, 11) is 0. The van der Waals surface area contributed by atoms with Crippen LogP contribution in [0.2, 0.25) is 0 Å². The average Bonchev–Trinajstić information content (AvgIpc) is 2.56. The maximum atomic E-state index is 10.7. The smallest absolute Gasteiger partial charge is 0.347 e. The van der Waals surface area contributed by atoms with Crippen LogP contribution in [0, 0.1) is 6.92 Å². The second-order valence-electron chi connectivity index (χ2n) is 2.54. The number of thioether (sulfide) groups is 1. The number of aromatic carboxylic acids is 1. The molecule has 0 saturated heterocycles. The summed E-state index contributed by atoms with van der Waals surface area (Å²) >= 11 is 13.6. The first-order valence-corrected chi connectivity index (χ1v) is 6.44. The van der Waals surface area contributed by atoms with Gasteiger partial charge in [-0.25, -0.2) is 9.78 Å². The van der Waals surface area contributed by atoms with Gasteiger partial charge in [0.2, 0.25) is 0 Å². The van der Waals surface area contributed by atoms with Crippen LogP contribution in [0.1, 0.15) is 15.4 Å². The zero-order valence-corrected chi connectivity index (χ0v) is 10.8. The molecule has 1 aromatic heterocycles. The van der Waals surface area contributed by atoms with Gasteiger partial charge in [-0.2, -0.15) is 0 Å². The predicted octanol–water partition coefficient (Wildman–Crippen LogP) is 3.56. The van der Waals surface area contributed by atoms with Gasteiger partial charge in [-0.15, -0.1) is 11.3 Å². The Bertz CT molecular complexity index is 403. The van der Waals surface area contributed by atoms with Crippen molar-refractivity contribution < 1.29 is 9.90 Å². The molecule has 82 valence electrons. The molecule has 15 heavy (non-hydrogen) atoms. The minimum atomic E-state index is -0.948. The summed E-state index contributed by atoms with van der Waals surface area (Å²) in [6.45, 7) is 1.67. The number of carboxylic acid groups (broad SMARTS) is 1. The van der Waals surface area contributed by atoms with E-state index in [0.717, 1.165) is 11.3 Å². The number of hydrogen-bond acceptors (Lipinski definition) is 4. The minimum Gasteiger partial charge on any atom is -0.477 e. The quantitative estimate of drug-likeness (QED) is 0.859. The molecule has 0 radical (unpaired) electrons. The Morgan fingerprint density at radius 1 is 1.73 bits per heavy atom. The highest BCUT2D eigenvalue weighted by atomic mass is 35.5. The summed E-state index contributed by atoms with van der Waals surface area (Å²) < 4.78 is 0.682. The lowest BCUT2D eigenvalue weighted by Gasteiger charge is -1.93. The fraction of sp³-hybridized carbons (Fsp3) is 0.250. The van der Waals surface area contributed by atoms with Gasteiger partial charge in [-0.1, -0.05) is 35.0 Å². The molecule has 0 atom stereocenters. The zero-order valence-electron chi connectivity index (χ0n) is 7.66. The molecule has 0 bridgehead atoms. The van der Waals surface area contributed by atoms with Gasteiger partial charge in [-0.05, 0) is 6.92 Å². The molecule has 1 N–H and O–H groups in total. The van der Waals surface area contributed by atoms with Gasteiger partial charge < -0.3 is 5.11 Å². The molecule has 0 aliphatic rings. The van der Waals surface area contributed by atoms with Crippen LogP contribution in [0.25, 0.3) is 0 Å². The molecule has 0 unspecified atom stereocenters. The van der Waals surface area contributed by atoms with Crippen LogP contribution in [0.4, 0.5) is 0 Å². The van der Waals surface area contributed by atoms with E-state index in [1.54, 1.807) is 6.92 Å². The first-order chi connectivity index (χ1) is 7.04. The molecule has 1 rings (SSSR count). The molecule has 0 aliphatic carbocycles. The van der Waals surface area contributed by atoms with Gasteiger partial charge in [0.05, 0.1) is 5.69 Å². The van der Waals surface area contributed by atoms with Crippen molar-refractivity contribution in [2.45, 2.75) is 11.3 Å². The third kappa shape index (κ3) is 3.68. The Labute approximate surface area is 105 Å². The largest absolute Gasteiger partial charge is 0.477 e. The maximum absolute atomic E-state index is 10.7. The summed E-state index contributed by atoms with van der Waals surface area (Å²) in [5.41, 5.74) is 1.81. The number of carbonyl (C=O) groups is 1. The number of aryl methyl sites for hydroxylation is 1. The van der Waals surface area contributed by atoms with Gasteiger partial charge in [0, 0.05) is 16.3 Å². The van der Waals surface area contributed by atoms with Crippen molar-refractivity contribution in [2.24, 2.45) is 0 Å². The minimum absolute atomic E-state index is 0.267. The van der Waals surface area contributed by atoms with Crippen molar-refractivity contribution in [2.75, 3.05) is 5.75 Å². The zero-order chi connectivity index (χ0) is 11.4. The van der Waals surface area contributed by atoms with Crippen molar-refractivity contribution >= 4 is 52.3 Å². The third-order valence-electron chi connectivity index (χ3n) is 1.42. The highest BCUT2D eigenvalue weighted by Gasteiger charge is 2.14. The number of halogens is 2. The van der Waals surface area contributed by atoms with Crippen LogP contribution in [0.15, 0.2) is 14.9 Å². The molecular formula is C8H7Cl2NO2S2. The Kier molecular flexibility index (Phi) is 4.92. The molecule has 0 aromatic carbocycles. The number of thiazole rings is 1. The average molecular weight is 284 g/mol. The van der Waals surface area contributed by atoms with E-state index in [0.29, 0.717) is 20.8 Å². The van der Waals surface area contributed by atoms with Crippen molar-refractivity contribution in [1.29, 1.82) is 0 Å². The fourth-order valence-corrected chi connectivity index (χ4v) is 2.97. The van der Waals surface area contributed by atoms with Crippen LogP contribution in [0.3, 0.4) is 0 Å². The molecule has 3 nitrogen and oxygen atoms in total. The first kappa shape index (κ1) is 12.8. The summed E-state index contributed by atoms with van der Waals surface area (Å²) in [5, 5.41) is 9.31. The molecule has 0 aliphatic heterocycles. The maximum Gasteiger partial charge on any atom is 0.347 e. The van der Waals surface area contributed by atoms with E-state index in [9.17, 15) is 4.79 Å². The Balaban J connectivity index is 2.72. The monoisotopic (exact) mass is 283 g/mol. The van der Waals surface area contributed by atoms with Crippen LogP contribution >= 0.6 is 46.3 Å². The van der Waals surface area contributed by atoms with Crippen molar-refractivity contribution in [1.82, 2.24) is 4.98 Å². The van der Waals surface area contributed by atoms with Crippen molar-refractivity contribution in [3.05, 3.63) is 21.1 Å². The lowest BCUT2D eigenvalue weighted by atomic mass is 10.4. The SMILES string of the molecule is Cc1nc(SCC(Cl)=CCl)sc1C(=O)O. The number of rotatable bonds is 4. The number of carboxylic acids is 1. The topological polar surface area (TPSA) is 50.2 Å². The molecule has 1 aromatic rings.